The minimum atomic E-state index is 0.339. The third-order valence-corrected chi connectivity index (χ3v) is 1.67. The lowest BCUT2D eigenvalue weighted by Gasteiger charge is -2.00. The van der Waals surface area contributed by atoms with Crippen LogP contribution in [0.5, 0.6) is 6.01 Å². The first-order chi connectivity index (χ1) is 6.90. The molecule has 0 saturated carbocycles. The van der Waals surface area contributed by atoms with Gasteiger partial charge in [0.25, 0.3) is 0 Å². The van der Waals surface area contributed by atoms with Crippen LogP contribution in [0, 0.1) is 0 Å². The molecule has 2 rings (SSSR count). The van der Waals surface area contributed by atoms with Crippen LogP contribution in [0.1, 0.15) is 0 Å². The van der Waals surface area contributed by atoms with E-state index in [1.54, 1.807) is 24.7 Å². The van der Waals surface area contributed by atoms with Crippen molar-refractivity contribution in [3.63, 3.8) is 0 Å². The maximum Gasteiger partial charge on any atom is 0.316 e. The molecule has 0 N–H and O–H groups in total. The first kappa shape index (κ1) is 8.55. The van der Waals surface area contributed by atoms with E-state index in [1.807, 2.05) is 0 Å². The summed E-state index contributed by atoms with van der Waals surface area (Å²) >= 11 is 0. The fourth-order valence-electron chi connectivity index (χ4n) is 1.03. The molecule has 2 aromatic heterocycles. The van der Waals surface area contributed by atoms with E-state index >= 15 is 0 Å². The van der Waals surface area contributed by atoms with Gasteiger partial charge in [0.05, 0.1) is 12.8 Å². The van der Waals surface area contributed by atoms with Crippen molar-refractivity contribution in [2.45, 2.75) is 0 Å². The van der Waals surface area contributed by atoms with Crippen LogP contribution in [0.2, 0.25) is 0 Å². The van der Waals surface area contributed by atoms with E-state index in [-0.39, 0.29) is 0 Å². The van der Waals surface area contributed by atoms with Gasteiger partial charge in [0.1, 0.15) is 6.33 Å². The summed E-state index contributed by atoms with van der Waals surface area (Å²) in [5.74, 6) is 0. The van der Waals surface area contributed by atoms with Crippen molar-refractivity contribution in [1.82, 2.24) is 19.9 Å². The normalized spacial score (nSPS) is 9.79. The number of ether oxygens (including phenoxy) is 1. The quantitative estimate of drug-likeness (QED) is 0.701. The molecule has 2 aromatic rings. The molecule has 0 amide bonds. The van der Waals surface area contributed by atoms with E-state index < -0.39 is 0 Å². The number of methoxy groups -OCH3 is 1. The summed E-state index contributed by atoms with van der Waals surface area (Å²) in [6.45, 7) is 0. The highest BCUT2D eigenvalue weighted by Gasteiger charge is 2.01. The average Bonchev–Trinajstić information content (AvgIpc) is 2.30. The third kappa shape index (κ3) is 1.66. The van der Waals surface area contributed by atoms with Gasteiger partial charge in [0.15, 0.2) is 0 Å². The molecule has 5 nitrogen and oxygen atoms in total. The zero-order valence-corrected chi connectivity index (χ0v) is 7.58. The van der Waals surface area contributed by atoms with Crippen molar-refractivity contribution in [3.8, 4) is 17.3 Å². The Balaban J connectivity index is 2.42. The van der Waals surface area contributed by atoms with Gasteiger partial charge < -0.3 is 4.74 Å². The molecule has 0 fully saturated rings. The standard InChI is InChI=1S/C9H8N4O/c1-14-9-12-3-2-8(13-9)7-4-10-6-11-5-7/h2-6H,1H3. The van der Waals surface area contributed by atoms with Gasteiger partial charge in [-0.15, -0.1) is 0 Å². The van der Waals surface area contributed by atoms with Crippen LogP contribution >= 0.6 is 0 Å². The maximum absolute atomic E-state index is 4.91. The van der Waals surface area contributed by atoms with Crippen molar-refractivity contribution >= 4 is 0 Å². The second kappa shape index (κ2) is 3.78. The molecule has 0 aromatic carbocycles. The molecule has 0 aliphatic rings. The van der Waals surface area contributed by atoms with Crippen LogP contribution in [-0.4, -0.2) is 27.0 Å². The molecule has 0 aliphatic heterocycles. The van der Waals surface area contributed by atoms with Gasteiger partial charge in [-0.1, -0.05) is 0 Å². The predicted molar refractivity (Wildman–Crippen MR) is 49.6 cm³/mol. The highest BCUT2D eigenvalue weighted by atomic mass is 16.5. The van der Waals surface area contributed by atoms with E-state index in [0.29, 0.717) is 6.01 Å². The number of aromatic nitrogens is 4. The first-order valence-electron chi connectivity index (χ1n) is 4.02. The summed E-state index contributed by atoms with van der Waals surface area (Å²) in [5.41, 5.74) is 1.59. The molecule has 0 unspecified atom stereocenters. The summed E-state index contributed by atoms with van der Waals surface area (Å²) in [4.78, 5) is 15.9. The molecule has 70 valence electrons. The first-order valence-corrected chi connectivity index (χ1v) is 4.02. The van der Waals surface area contributed by atoms with E-state index in [0.717, 1.165) is 11.3 Å². The Morgan fingerprint density at radius 3 is 2.71 bits per heavy atom. The number of hydrogen-bond acceptors (Lipinski definition) is 5. The molecule has 0 radical (unpaired) electrons. The Bertz CT molecular complexity index is 418. The van der Waals surface area contributed by atoms with Gasteiger partial charge in [-0.3, -0.25) is 0 Å². The fraction of sp³-hybridized carbons (Fsp3) is 0.111. The molecular formula is C9H8N4O. The lowest BCUT2D eigenvalue weighted by molar-refractivity contribution is 0.380. The van der Waals surface area contributed by atoms with Crippen LogP contribution < -0.4 is 4.74 Å². The third-order valence-electron chi connectivity index (χ3n) is 1.67. The predicted octanol–water partition coefficient (Wildman–Crippen LogP) is 0.942. The van der Waals surface area contributed by atoms with Crippen LogP contribution in [-0.2, 0) is 0 Å². The summed E-state index contributed by atoms with van der Waals surface area (Å²) in [7, 11) is 1.53. The molecule has 0 bridgehead atoms. The SMILES string of the molecule is COc1nccc(-c2cncnc2)n1. The topological polar surface area (TPSA) is 60.8 Å². The van der Waals surface area contributed by atoms with Crippen LogP contribution in [0.25, 0.3) is 11.3 Å². The summed E-state index contributed by atoms with van der Waals surface area (Å²) in [6, 6.07) is 2.12. The fourth-order valence-corrected chi connectivity index (χ4v) is 1.03. The van der Waals surface area contributed by atoms with Crippen molar-refractivity contribution in [1.29, 1.82) is 0 Å². The van der Waals surface area contributed by atoms with Gasteiger partial charge >= 0.3 is 6.01 Å². The largest absolute Gasteiger partial charge is 0.467 e. The highest BCUT2D eigenvalue weighted by Crippen LogP contribution is 2.15. The smallest absolute Gasteiger partial charge is 0.316 e. The molecule has 0 aliphatic carbocycles. The Kier molecular flexibility index (Phi) is 2.31. The molecule has 0 saturated heterocycles. The van der Waals surface area contributed by atoms with Gasteiger partial charge in [0, 0.05) is 24.2 Å². The van der Waals surface area contributed by atoms with E-state index in [1.165, 1.54) is 13.4 Å². The van der Waals surface area contributed by atoms with Crippen molar-refractivity contribution < 1.29 is 4.74 Å². The lowest BCUT2D eigenvalue weighted by Crippen LogP contribution is -1.93. The Morgan fingerprint density at radius 2 is 2.00 bits per heavy atom. The van der Waals surface area contributed by atoms with Gasteiger partial charge in [-0.25, -0.2) is 15.0 Å². The summed E-state index contributed by atoms with van der Waals surface area (Å²) in [6.07, 6.45) is 6.49. The zero-order chi connectivity index (χ0) is 9.80. The Morgan fingerprint density at radius 1 is 1.21 bits per heavy atom. The number of nitrogens with zero attached hydrogens (tertiary/aromatic N) is 4. The van der Waals surface area contributed by atoms with Gasteiger partial charge in [-0.2, -0.15) is 4.98 Å². The van der Waals surface area contributed by atoms with Gasteiger partial charge in [-0.05, 0) is 6.07 Å². The molecule has 0 atom stereocenters. The van der Waals surface area contributed by atoms with E-state index in [4.69, 9.17) is 4.74 Å². The summed E-state index contributed by atoms with van der Waals surface area (Å²) in [5, 5.41) is 0. The van der Waals surface area contributed by atoms with Gasteiger partial charge in [0.2, 0.25) is 0 Å². The van der Waals surface area contributed by atoms with Crippen molar-refractivity contribution in [2.24, 2.45) is 0 Å². The molecular weight excluding hydrogens is 180 g/mol. The van der Waals surface area contributed by atoms with Crippen molar-refractivity contribution in [3.05, 3.63) is 31.0 Å². The molecule has 2 heterocycles. The molecule has 5 heteroatoms. The Labute approximate surface area is 80.8 Å². The zero-order valence-electron chi connectivity index (χ0n) is 7.58. The second-order valence-electron chi connectivity index (χ2n) is 2.56. The summed E-state index contributed by atoms with van der Waals surface area (Å²) < 4.78 is 4.91. The molecule has 0 spiro atoms. The van der Waals surface area contributed by atoms with E-state index in [9.17, 15) is 0 Å². The molecule has 14 heavy (non-hydrogen) atoms. The van der Waals surface area contributed by atoms with Crippen LogP contribution in [0.15, 0.2) is 31.0 Å². The lowest BCUT2D eigenvalue weighted by atomic mass is 10.2. The average molecular weight is 188 g/mol. The Hall–Kier alpha value is -2.04. The number of rotatable bonds is 2. The van der Waals surface area contributed by atoms with Crippen LogP contribution in [0.3, 0.4) is 0 Å². The minimum Gasteiger partial charge on any atom is -0.467 e. The number of hydrogen-bond donors (Lipinski definition) is 0. The monoisotopic (exact) mass is 188 g/mol. The van der Waals surface area contributed by atoms with Crippen molar-refractivity contribution in [2.75, 3.05) is 7.11 Å². The van der Waals surface area contributed by atoms with Crippen LogP contribution in [0.4, 0.5) is 0 Å². The highest BCUT2D eigenvalue weighted by molar-refractivity contribution is 5.55. The minimum absolute atomic E-state index is 0.339. The maximum atomic E-state index is 4.91. The van der Waals surface area contributed by atoms with E-state index in [2.05, 4.69) is 19.9 Å². The second-order valence-corrected chi connectivity index (χ2v) is 2.56.